The van der Waals surface area contributed by atoms with E-state index in [9.17, 15) is 4.79 Å². The predicted octanol–water partition coefficient (Wildman–Crippen LogP) is 3.72. The highest BCUT2D eigenvalue weighted by Gasteiger charge is 2.16. The molecule has 0 saturated carbocycles. The number of nitrogens with zero attached hydrogens (tertiary/aromatic N) is 2. The summed E-state index contributed by atoms with van der Waals surface area (Å²) in [5.41, 5.74) is 3.47. The van der Waals surface area contributed by atoms with E-state index >= 15 is 0 Å². The molecule has 22 heavy (non-hydrogen) atoms. The van der Waals surface area contributed by atoms with Crippen molar-refractivity contribution < 1.29 is 4.79 Å². The van der Waals surface area contributed by atoms with Gasteiger partial charge in [-0.25, -0.2) is 4.98 Å². The minimum atomic E-state index is 0.0321. The number of hydrogen-bond donors (Lipinski definition) is 0. The van der Waals surface area contributed by atoms with Crippen LogP contribution in [0.2, 0.25) is 5.15 Å². The second-order valence-electron chi connectivity index (χ2n) is 5.38. The van der Waals surface area contributed by atoms with Gasteiger partial charge in [0.25, 0.3) is 0 Å². The van der Waals surface area contributed by atoms with Gasteiger partial charge in [0, 0.05) is 25.4 Å². The third-order valence-electron chi connectivity index (χ3n) is 3.83. The Morgan fingerprint density at radius 2 is 2.05 bits per heavy atom. The zero-order chi connectivity index (χ0) is 15.4. The Labute approximate surface area is 135 Å². The molecule has 0 aliphatic carbocycles. The average molecular weight is 313 g/mol. The van der Waals surface area contributed by atoms with E-state index < -0.39 is 0 Å². The van der Waals surface area contributed by atoms with Crippen LogP contribution in [-0.4, -0.2) is 22.3 Å². The van der Waals surface area contributed by atoms with Crippen molar-refractivity contribution in [3.63, 3.8) is 0 Å². The molecule has 0 atom stereocenters. The second-order valence-corrected chi connectivity index (χ2v) is 5.76. The maximum absolute atomic E-state index is 12.4. The molecule has 1 aromatic carbocycles. The molecule has 0 unspecified atom stereocenters. The molecule has 1 aromatic heterocycles. The van der Waals surface area contributed by atoms with Crippen molar-refractivity contribution in [1.29, 1.82) is 0 Å². The molecule has 4 heteroatoms. The largest absolute Gasteiger partial charge is 0.335 e. The fraction of sp³-hybridized carbons (Fsp3) is 0.222. The number of carbonyl (C=O) groups excluding carboxylic acids is 1. The standard InChI is InChI=1S/C18H17ClN2O/c19-17-12-14(9-10-20-17)7-8-18(22)21-11-3-6-15-4-1-2-5-16(15)13-21/h1-2,4-5,7-10,12H,3,6,11,13H2/b8-7+. The van der Waals surface area contributed by atoms with Crippen molar-refractivity contribution in [2.45, 2.75) is 19.4 Å². The first-order valence-corrected chi connectivity index (χ1v) is 7.75. The van der Waals surface area contributed by atoms with E-state index in [-0.39, 0.29) is 5.91 Å². The Morgan fingerprint density at radius 1 is 1.23 bits per heavy atom. The van der Waals surface area contributed by atoms with Crippen molar-refractivity contribution in [3.8, 4) is 0 Å². The molecule has 0 spiro atoms. The lowest BCUT2D eigenvalue weighted by Gasteiger charge is -2.19. The van der Waals surface area contributed by atoms with Crippen LogP contribution in [0.3, 0.4) is 0 Å². The summed E-state index contributed by atoms with van der Waals surface area (Å²) >= 11 is 5.85. The van der Waals surface area contributed by atoms with E-state index in [1.54, 1.807) is 24.4 Å². The molecule has 1 aliphatic heterocycles. The normalized spacial score (nSPS) is 14.7. The lowest BCUT2D eigenvalue weighted by Crippen LogP contribution is -2.28. The van der Waals surface area contributed by atoms with Gasteiger partial charge in [-0.05, 0) is 47.7 Å². The molecule has 0 N–H and O–H groups in total. The van der Waals surface area contributed by atoms with Crippen LogP contribution in [0.4, 0.5) is 0 Å². The summed E-state index contributed by atoms with van der Waals surface area (Å²) in [6, 6.07) is 11.9. The zero-order valence-electron chi connectivity index (χ0n) is 12.2. The fourth-order valence-electron chi connectivity index (χ4n) is 2.68. The maximum Gasteiger partial charge on any atom is 0.246 e. The Bertz CT molecular complexity index is 712. The van der Waals surface area contributed by atoms with Gasteiger partial charge in [-0.2, -0.15) is 0 Å². The fourth-order valence-corrected chi connectivity index (χ4v) is 2.87. The van der Waals surface area contributed by atoms with Gasteiger partial charge in [-0.3, -0.25) is 4.79 Å². The quantitative estimate of drug-likeness (QED) is 0.625. The lowest BCUT2D eigenvalue weighted by molar-refractivity contribution is -0.126. The van der Waals surface area contributed by atoms with Crippen molar-refractivity contribution in [1.82, 2.24) is 9.88 Å². The summed E-state index contributed by atoms with van der Waals surface area (Å²) in [5, 5.41) is 0.429. The SMILES string of the molecule is O=C(/C=C/c1ccnc(Cl)c1)N1CCCc2ccccc2C1. The van der Waals surface area contributed by atoms with Gasteiger partial charge < -0.3 is 4.90 Å². The third-order valence-corrected chi connectivity index (χ3v) is 4.04. The molecule has 0 fully saturated rings. The summed E-state index contributed by atoms with van der Waals surface area (Å²) < 4.78 is 0. The number of pyridine rings is 1. The monoisotopic (exact) mass is 312 g/mol. The number of carbonyl (C=O) groups is 1. The van der Waals surface area contributed by atoms with Crippen molar-refractivity contribution in [2.75, 3.05) is 6.54 Å². The zero-order valence-corrected chi connectivity index (χ0v) is 13.0. The Balaban J connectivity index is 1.72. The van der Waals surface area contributed by atoms with E-state index in [0.29, 0.717) is 11.7 Å². The smallest absolute Gasteiger partial charge is 0.246 e. The molecule has 3 nitrogen and oxygen atoms in total. The maximum atomic E-state index is 12.4. The van der Waals surface area contributed by atoms with Gasteiger partial charge in [0.05, 0.1) is 0 Å². The van der Waals surface area contributed by atoms with Gasteiger partial charge in [0.15, 0.2) is 0 Å². The molecule has 1 aliphatic rings. The van der Waals surface area contributed by atoms with Gasteiger partial charge in [-0.1, -0.05) is 35.9 Å². The van der Waals surface area contributed by atoms with Crippen molar-refractivity contribution in [2.24, 2.45) is 0 Å². The summed E-state index contributed by atoms with van der Waals surface area (Å²) in [7, 11) is 0. The number of rotatable bonds is 2. The molecule has 0 radical (unpaired) electrons. The average Bonchev–Trinajstić information content (AvgIpc) is 2.75. The number of hydrogen-bond acceptors (Lipinski definition) is 2. The number of halogens is 1. The van der Waals surface area contributed by atoms with E-state index in [1.165, 1.54) is 11.1 Å². The number of aryl methyl sites for hydroxylation is 1. The van der Waals surface area contributed by atoms with Crippen LogP contribution in [0.15, 0.2) is 48.7 Å². The van der Waals surface area contributed by atoms with Crippen LogP contribution in [0, 0.1) is 0 Å². The van der Waals surface area contributed by atoms with E-state index in [1.807, 2.05) is 17.0 Å². The number of amides is 1. The highest BCUT2D eigenvalue weighted by molar-refractivity contribution is 6.29. The van der Waals surface area contributed by atoms with Crippen LogP contribution >= 0.6 is 11.6 Å². The van der Waals surface area contributed by atoms with Crippen LogP contribution in [-0.2, 0) is 17.8 Å². The molecule has 3 rings (SSSR count). The van der Waals surface area contributed by atoms with Crippen LogP contribution in [0.25, 0.3) is 6.08 Å². The molecule has 0 bridgehead atoms. The second kappa shape index (κ2) is 6.75. The van der Waals surface area contributed by atoms with Crippen LogP contribution < -0.4 is 0 Å². The summed E-state index contributed by atoms with van der Waals surface area (Å²) in [4.78, 5) is 18.2. The molecular formula is C18H17ClN2O. The Morgan fingerprint density at radius 3 is 2.86 bits per heavy atom. The Kier molecular flexibility index (Phi) is 4.54. The van der Waals surface area contributed by atoms with E-state index in [4.69, 9.17) is 11.6 Å². The minimum absolute atomic E-state index is 0.0321. The van der Waals surface area contributed by atoms with Crippen LogP contribution in [0.1, 0.15) is 23.1 Å². The highest BCUT2D eigenvalue weighted by atomic mass is 35.5. The molecule has 0 saturated heterocycles. The van der Waals surface area contributed by atoms with Gasteiger partial charge in [-0.15, -0.1) is 0 Å². The minimum Gasteiger partial charge on any atom is -0.335 e. The lowest BCUT2D eigenvalue weighted by atomic mass is 10.0. The molecule has 2 heterocycles. The Hall–Kier alpha value is -2.13. The number of benzene rings is 1. The molecule has 112 valence electrons. The van der Waals surface area contributed by atoms with Gasteiger partial charge >= 0.3 is 0 Å². The summed E-state index contributed by atoms with van der Waals surface area (Å²) in [6.07, 6.45) is 7.06. The summed E-state index contributed by atoms with van der Waals surface area (Å²) in [6.45, 7) is 1.46. The number of aromatic nitrogens is 1. The van der Waals surface area contributed by atoms with Gasteiger partial charge in [0.1, 0.15) is 5.15 Å². The highest BCUT2D eigenvalue weighted by Crippen LogP contribution is 2.19. The molecule has 2 aromatic rings. The summed E-state index contributed by atoms with van der Waals surface area (Å²) in [5.74, 6) is 0.0321. The predicted molar refractivity (Wildman–Crippen MR) is 88.5 cm³/mol. The van der Waals surface area contributed by atoms with Gasteiger partial charge in [0.2, 0.25) is 5.91 Å². The first-order valence-electron chi connectivity index (χ1n) is 7.38. The molecule has 1 amide bonds. The topological polar surface area (TPSA) is 33.2 Å². The van der Waals surface area contributed by atoms with E-state index in [0.717, 1.165) is 24.9 Å². The first kappa shape index (κ1) is 14.8. The van der Waals surface area contributed by atoms with Crippen molar-refractivity contribution in [3.05, 3.63) is 70.5 Å². The van der Waals surface area contributed by atoms with E-state index in [2.05, 4.69) is 23.2 Å². The van der Waals surface area contributed by atoms with Crippen molar-refractivity contribution >= 4 is 23.6 Å². The molecular weight excluding hydrogens is 296 g/mol. The van der Waals surface area contributed by atoms with Crippen LogP contribution in [0.5, 0.6) is 0 Å². The third kappa shape index (κ3) is 3.55. The first-order chi connectivity index (χ1) is 10.7. The number of fused-ring (bicyclic) bond motifs is 1.